The van der Waals surface area contributed by atoms with Gasteiger partial charge in [-0.15, -0.1) is 12.4 Å². The molecule has 0 bridgehead atoms. The van der Waals surface area contributed by atoms with Crippen molar-refractivity contribution in [3.63, 3.8) is 0 Å². The number of nitrogens with zero attached hydrogens (tertiary/aromatic N) is 1. The zero-order valence-corrected chi connectivity index (χ0v) is 11.9. The van der Waals surface area contributed by atoms with Crippen molar-refractivity contribution in [3.8, 4) is 0 Å². The molecule has 1 aliphatic rings. The van der Waals surface area contributed by atoms with E-state index in [9.17, 15) is 14.0 Å². The fraction of sp³-hybridized carbons (Fsp3) is 0.385. The number of benzene rings is 1. The SMILES string of the molecule is CNCC(=O)NC1CCN(c2ccccc2F)C1=O.Cl. The third kappa shape index (κ3) is 3.46. The van der Waals surface area contributed by atoms with Gasteiger partial charge in [0.15, 0.2) is 0 Å². The van der Waals surface area contributed by atoms with Gasteiger partial charge in [-0.3, -0.25) is 9.59 Å². The van der Waals surface area contributed by atoms with Gasteiger partial charge in [-0.1, -0.05) is 12.1 Å². The lowest BCUT2D eigenvalue weighted by molar-refractivity contribution is -0.125. The Balaban J connectivity index is 0.00000200. The molecule has 0 saturated carbocycles. The molecule has 5 nitrogen and oxygen atoms in total. The van der Waals surface area contributed by atoms with E-state index in [1.165, 1.54) is 11.0 Å². The lowest BCUT2D eigenvalue weighted by Gasteiger charge is -2.17. The number of carbonyl (C=O) groups is 2. The van der Waals surface area contributed by atoms with Crippen LogP contribution in [-0.2, 0) is 9.59 Å². The summed E-state index contributed by atoms with van der Waals surface area (Å²) in [6.45, 7) is 0.563. The van der Waals surface area contributed by atoms with Crippen LogP contribution in [0.15, 0.2) is 24.3 Å². The molecule has 2 rings (SSSR count). The fourth-order valence-corrected chi connectivity index (χ4v) is 2.13. The second-order valence-electron chi connectivity index (χ2n) is 4.38. The van der Waals surface area contributed by atoms with Crippen LogP contribution < -0.4 is 15.5 Å². The number of hydrogen-bond acceptors (Lipinski definition) is 3. The van der Waals surface area contributed by atoms with Crippen LogP contribution in [0.5, 0.6) is 0 Å². The van der Waals surface area contributed by atoms with Crippen molar-refractivity contribution in [1.82, 2.24) is 10.6 Å². The van der Waals surface area contributed by atoms with Crippen molar-refractivity contribution >= 4 is 29.9 Å². The second-order valence-corrected chi connectivity index (χ2v) is 4.38. The molecule has 0 radical (unpaired) electrons. The van der Waals surface area contributed by atoms with Crippen molar-refractivity contribution in [2.24, 2.45) is 0 Å². The molecule has 7 heteroatoms. The molecule has 1 saturated heterocycles. The number of nitrogens with one attached hydrogen (secondary N) is 2. The van der Waals surface area contributed by atoms with Crippen molar-refractivity contribution < 1.29 is 14.0 Å². The largest absolute Gasteiger partial charge is 0.343 e. The highest BCUT2D eigenvalue weighted by molar-refractivity contribution is 6.01. The van der Waals surface area contributed by atoms with Gasteiger partial charge >= 0.3 is 0 Å². The number of rotatable bonds is 4. The van der Waals surface area contributed by atoms with E-state index in [0.717, 1.165) is 0 Å². The van der Waals surface area contributed by atoms with Gasteiger partial charge in [-0.25, -0.2) is 4.39 Å². The molecule has 1 atom stereocenters. The van der Waals surface area contributed by atoms with E-state index in [1.807, 2.05) is 0 Å². The highest BCUT2D eigenvalue weighted by atomic mass is 35.5. The third-order valence-corrected chi connectivity index (χ3v) is 3.02. The van der Waals surface area contributed by atoms with E-state index in [0.29, 0.717) is 13.0 Å². The highest BCUT2D eigenvalue weighted by Crippen LogP contribution is 2.24. The number of carbonyl (C=O) groups excluding carboxylic acids is 2. The maximum Gasteiger partial charge on any atom is 0.249 e. The lowest BCUT2D eigenvalue weighted by Crippen LogP contribution is -2.44. The third-order valence-electron chi connectivity index (χ3n) is 3.02. The minimum absolute atomic E-state index is 0. The molecule has 2 N–H and O–H groups in total. The Morgan fingerprint density at radius 2 is 2.15 bits per heavy atom. The first-order valence-corrected chi connectivity index (χ1v) is 6.13. The zero-order valence-electron chi connectivity index (χ0n) is 11.1. The first kappa shape index (κ1) is 16.4. The van der Waals surface area contributed by atoms with Gasteiger partial charge in [-0.2, -0.15) is 0 Å². The molecule has 0 spiro atoms. The average Bonchev–Trinajstić information content (AvgIpc) is 2.72. The van der Waals surface area contributed by atoms with E-state index in [2.05, 4.69) is 10.6 Å². The van der Waals surface area contributed by atoms with Gasteiger partial charge < -0.3 is 15.5 Å². The van der Waals surface area contributed by atoms with Gasteiger partial charge in [0.05, 0.1) is 12.2 Å². The normalized spacial score (nSPS) is 17.8. The molecular weight excluding hydrogens is 285 g/mol. The van der Waals surface area contributed by atoms with Gasteiger partial charge in [0, 0.05) is 6.54 Å². The highest BCUT2D eigenvalue weighted by Gasteiger charge is 2.34. The topological polar surface area (TPSA) is 61.4 Å². The summed E-state index contributed by atoms with van der Waals surface area (Å²) < 4.78 is 13.6. The summed E-state index contributed by atoms with van der Waals surface area (Å²) in [5.74, 6) is -0.941. The molecule has 0 aromatic heterocycles. The quantitative estimate of drug-likeness (QED) is 0.860. The molecule has 1 aromatic rings. The van der Waals surface area contributed by atoms with Crippen LogP contribution in [0.25, 0.3) is 0 Å². The fourth-order valence-electron chi connectivity index (χ4n) is 2.13. The number of anilines is 1. The summed E-state index contributed by atoms with van der Waals surface area (Å²) in [6.07, 6.45) is 0.489. The predicted octanol–water partition coefficient (Wildman–Crippen LogP) is 0.688. The number of hydrogen-bond donors (Lipinski definition) is 2. The molecule has 2 amide bonds. The Morgan fingerprint density at radius 1 is 1.45 bits per heavy atom. The Morgan fingerprint density at radius 3 is 2.80 bits per heavy atom. The standard InChI is InChI=1S/C13H16FN3O2.ClH/c1-15-8-12(18)16-10-6-7-17(13(10)19)11-5-3-2-4-9(11)14;/h2-5,10,15H,6-8H2,1H3,(H,16,18);1H. The molecule has 0 aliphatic carbocycles. The summed E-state index contributed by atoms with van der Waals surface area (Å²) in [5, 5.41) is 5.34. The van der Waals surface area contributed by atoms with Gasteiger partial charge in [0.25, 0.3) is 0 Å². The number of halogens is 2. The van der Waals surface area contributed by atoms with E-state index in [1.54, 1.807) is 25.2 Å². The molecule has 1 heterocycles. The zero-order chi connectivity index (χ0) is 13.8. The van der Waals surface area contributed by atoms with Crippen LogP contribution in [0.2, 0.25) is 0 Å². The van der Waals surface area contributed by atoms with Crippen LogP contribution in [0.3, 0.4) is 0 Å². The Kier molecular flexibility index (Phi) is 5.91. The monoisotopic (exact) mass is 301 g/mol. The van der Waals surface area contributed by atoms with E-state index < -0.39 is 11.9 Å². The molecule has 110 valence electrons. The lowest BCUT2D eigenvalue weighted by atomic mass is 10.2. The van der Waals surface area contributed by atoms with Crippen LogP contribution in [-0.4, -0.2) is 38.0 Å². The van der Waals surface area contributed by atoms with Gasteiger partial charge in [-0.05, 0) is 25.6 Å². The molecule has 1 fully saturated rings. The maximum atomic E-state index is 13.6. The molecule has 1 unspecified atom stereocenters. The molecule has 1 aromatic carbocycles. The van der Waals surface area contributed by atoms with E-state index in [4.69, 9.17) is 0 Å². The van der Waals surface area contributed by atoms with E-state index >= 15 is 0 Å². The van der Waals surface area contributed by atoms with Crippen LogP contribution >= 0.6 is 12.4 Å². The second kappa shape index (κ2) is 7.21. The van der Waals surface area contributed by atoms with Gasteiger partial charge in [0.1, 0.15) is 11.9 Å². The van der Waals surface area contributed by atoms with Crippen LogP contribution in [0.4, 0.5) is 10.1 Å². The van der Waals surface area contributed by atoms with Gasteiger partial charge in [0.2, 0.25) is 11.8 Å². The predicted molar refractivity (Wildman–Crippen MR) is 76.5 cm³/mol. The number of para-hydroxylation sites is 1. The molecule has 1 aliphatic heterocycles. The summed E-state index contributed by atoms with van der Waals surface area (Å²) >= 11 is 0. The summed E-state index contributed by atoms with van der Waals surface area (Å²) in [4.78, 5) is 24.9. The molecule has 20 heavy (non-hydrogen) atoms. The van der Waals surface area contributed by atoms with Crippen molar-refractivity contribution in [2.45, 2.75) is 12.5 Å². The number of likely N-dealkylation sites (N-methyl/N-ethyl adjacent to an activating group) is 1. The summed E-state index contributed by atoms with van der Waals surface area (Å²) in [7, 11) is 1.65. The Labute approximate surface area is 122 Å². The summed E-state index contributed by atoms with van der Waals surface area (Å²) in [5.41, 5.74) is 0.262. The van der Waals surface area contributed by atoms with Crippen LogP contribution in [0.1, 0.15) is 6.42 Å². The Bertz CT molecular complexity index is 498. The number of amides is 2. The first-order chi connectivity index (χ1) is 9.13. The van der Waals surface area contributed by atoms with E-state index in [-0.39, 0.29) is 36.5 Å². The van der Waals surface area contributed by atoms with Crippen LogP contribution in [0, 0.1) is 5.82 Å². The first-order valence-electron chi connectivity index (χ1n) is 6.13. The minimum atomic E-state index is -0.569. The average molecular weight is 302 g/mol. The smallest absolute Gasteiger partial charge is 0.249 e. The molecular formula is C13H17ClFN3O2. The van der Waals surface area contributed by atoms with Crippen molar-refractivity contribution in [1.29, 1.82) is 0 Å². The van der Waals surface area contributed by atoms with Crippen molar-refractivity contribution in [3.05, 3.63) is 30.1 Å². The summed E-state index contributed by atoms with van der Waals surface area (Å²) in [6, 6.07) is 5.56. The van der Waals surface area contributed by atoms with Crippen molar-refractivity contribution in [2.75, 3.05) is 25.0 Å². The Hall–Kier alpha value is -1.66. The maximum absolute atomic E-state index is 13.6. The minimum Gasteiger partial charge on any atom is -0.343 e.